The van der Waals surface area contributed by atoms with Gasteiger partial charge in [0.15, 0.2) is 0 Å². The Balaban J connectivity index is 1.35. The van der Waals surface area contributed by atoms with Gasteiger partial charge >= 0.3 is 12.2 Å². The molecular weight excluding hydrogens is 435 g/mol. The summed E-state index contributed by atoms with van der Waals surface area (Å²) in [6.07, 6.45) is -3.12. The monoisotopic (exact) mass is 463 g/mol. The molecule has 0 aliphatic carbocycles. The molecule has 0 atom stereocenters. The number of rotatable bonds is 8. The Kier molecular flexibility index (Phi) is 8.71. The molecule has 1 fully saturated rings. The summed E-state index contributed by atoms with van der Waals surface area (Å²) in [5, 5.41) is 5.81. The van der Waals surface area contributed by atoms with Gasteiger partial charge in [-0.05, 0) is 29.5 Å². The van der Waals surface area contributed by atoms with Crippen LogP contribution in [0.3, 0.4) is 0 Å². The maximum atomic E-state index is 12.4. The molecule has 2 N–H and O–H groups in total. The van der Waals surface area contributed by atoms with Crippen LogP contribution in [-0.2, 0) is 29.2 Å². The number of nitrogens with zero attached hydrogens (tertiary/aromatic N) is 1. The van der Waals surface area contributed by atoms with Gasteiger partial charge in [0.25, 0.3) is 0 Å². The zero-order valence-electron chi connectivity index (χ0n) is 18.2. The second-order valence-corrected chi connectivity index (χ2v) is 8.05. The van der Waals surface area contributed by atoms with Gasteiger partial charge in [0.2, 0.25) is 5.91 Å². The minimum Gasteiger partial charge on any atom is -0.367 e. The van der Waals surface area contributed by atoms with Crippen molar-refractivity contribution in [2.24, 2.45) is 5.92 Å². The van der Waals surface area contributed by atoms with Crippen molar-refractivity contribution in [1.29, 1.82) is 0 Å². The van der Waals surface area contributed by atoms with Gasteiger partial charge in [0.05, 0.1) is 6.61 Å². The highest BCUT2D eigenvalue weighted by Gasteiger charge is 2.28. The smallest absolute Gasteiger partial charge is 0.367 e. The zero-order chi connectivity index (χ0) is 23.7. The van der Waals surface area contributed by atoms with Crippen molar-refractivity contribution in [3.05, 3.63) is 71.3 Å². The van der Waals surface area contributed by atoms with Crippen LogP contribution in [0.4, 0.5) is 18.0 Å². The summed E-state index contributed by atoms with van der Waals surface area (Å²) >= 11 is 0. The Morgan fingerprint density at radius 2 is 1.45 bits per heavy atom. The highest BCUT2D eigenvalue weighted by molar-refractivity contribution is 5.79. The molecule has 0 radical (unpaired) electrons. The van der Waals surface area contributed by atoms with E-state index in [2.05, 4.69) is 15.4 Å². The molecule has 1 saturated heterocycles. The number of alkyl halides is 3. The number of urea groups is 1. The first-order valence-corrected chi connectivity index (χ1v) is 10.9. The summed E-state index contributed by atoms with van der Waals surface area (Å²) in [7, 11) is 0. The van der Waals surface area contributed by atoms with Gasteiger partial charge in [-0.25, -0.2) is 4.79 Å². The lowest BCUT2D eigenvalue weighted by atomic mass is 9.96. The van der Waals surface area contributed by atoms with Gasteiger partial charge in [-0.15, -0.1) is 0 Å². The van der Waals surface area contributed by atoms with E-state index in [1.165, 1.54) is 0 Å². The number of benzene rings is 2. The van der Waals surface area contributed by atoms with Crippen LogP contribution in [0.15, 0.2) is 54.6 Å². The Hall–Kier alpha value is -3.07. The number of carbonyl (C=O) groups is 2. The Morgan fingerprint density at radius 1 is 0.879 bits per heavy atom. The maximum absolute atomic E-state index is 12.4. The topological polar surface area (TPSA) is 70.7 Å². The lowest BCUT2D eigenvalue weighted by Crippen LogP contribution is -2.46. The normalized spacial score (nSPS) is 14.7. The Morgan fingerprint density at radius 3 is 2.09 bits per heavy atom. The molecule has 2 aromatic carbocycles. The number of likely N-dealkylation sites (tertiary alicyclic amines) is 1. The van der Waals surface area contributed by atoms with Crippen molar-refractivity contribution in [2.45, 2.75) is 38.7 Å². The Bertz CT molecular complexity index is 897. The standard InChI is InChI=1S/C24H28F3N3O3/c25-24(26,27)17-33-16-20-8-6-19(7-9-20)15-29-23(32)30-12-10-21(11-13-30)22(31)28-14-18-4-2-1-3-5-18/h1-9,21H,10-17H2,(H,28,31)(H,29,32). The molecule has 2 aromatic rings. The highest BCUT2D eigenvalue weighted by Crippen LogP contribution is 2.18. The van der Waals surface area contributed by atoms with Gasteiger partial charge in [0.1, 0.15) is 6.61 Å². The second-order valence-electron chi connectivity index (χ2n) is 8.05. The Labute approximate surface area is 191 Å². The van der Waals surface area contributed by atoms with Gasteiger partial charge < -0.3 is 20.3 Å². The van der Waals surface area contributed by atoms with E-state index in [0.717, 1.165) is 11.1 Å². The quantitative estimate of drug-likeness (QED) is 0.622. The molecule has 33 heavy (non-hydrogen) atoms. The fourth-order valence-corrected chi connectivity index (χ4v) is 3.60. The molecule has 0 aromatic heterocycles. The molecule has 9 heteroatoms. The number of carbonyl (C=O) groups excluding carboxylic acids is 2. The minimum absolute atomic E-state index is 0.0122. The van der Waals surface area contributed by atoms with Crippen molar-refractivity contribution in [3.8, 4) is 0 Å². The third-order valence-electron chi connectivity index (χ3n) is 5.46. The van der Waals surface area contributed by atoms with Crippen molar-refractivity contribution in [1.82, 2.24) is 15.5 Å². The van der Waals surface area contributed by atoms with E-state index >= 15 is 0 Å². The minimum atomic E-state index is -4.34. The fourth-order valence-electron chi connectivity index (χ4n) is 3.60. The predicted molar refractivity (Wildman–Crippen MR) is 117 cm³/mol. The van der Waals surface area contributed by atoms with Crippen LogP contribution in [0.25, 0.3) is 0 Å². The maximum Gasteiger partial charge on any atom is 0.411 e. The van der Waals surface area contributed by atoms with E-state index in [1.54, 1.807) is 29.2 Å². The summed E-state index contributed by atoms with van der Waals surface area (Å²) < 4.78 is 41.0. The molecule has 6 nitrogen and oxygen atoms in total. The van der Waals surface area contributed by atoms with Crippen LogP contribution >= 0.6 is 0 Å². The zero-order valence-corrected chi connectivity index (χ0v) is 18.2. The van der Waals surface area contributed by atoms with Gasteiger partial charge in [-0.2, -0.15) is 13.2 Å². The first-order valence-electron chi connectivity index (χ1n) is 10.9. The molecule has 0 saturated carbocycles. The SMILES string of the molecule is O=C(NCc1ccccc1)C1CCN(C(=O)NCc2ccc(COCC(F)(F)F)cc2)CC1. The molecule has 1 aliphatic rings. The molecule has 3 amide bonds. The number of nitrogens with one attached hydrogen (secondary N) is 2. The fraction of sp³-hybridized carbons (Fsp3) is 0.417. The summed E-state index contributed by atoms with van der Waals surface area (Å²) in [6.45, 7) is 0.402. The van der Waals surface area contributed by atoms with E-state index in [-0.39, 0.29) is 24.5 Å². The molecule has 3 rings (SSSR count). The lowest BCUT2D eigenvalue weighted by Gasteiger charge is -2.31. The molecule has 1 heterocycles. The van der Waals surface area contributed by atoms with Gasteiger partial charge in [-0.1, -0.05) is 54.6 Å². The van der Waals surface area contributed by atoms with Gasteiger partial charge in [-0.3, -0.25) is 4.79 Å². The van der Waals surface area contributed by atoms with Gasteiger partial charge in [0, 0.05) is 32.1 Å². The second kappa shape index (κ2) is 11.7. The average Bonchev–Trinajstić information content (AvgIpc) is 2.82. The van der Waals surface area contributed by atoms with Crippen LogP contribution < -0.4 is 10.6 Å². The third-order valence-corrected chi connectivity index (χ3v) is 5.46. The van der Waals surface area contributed by atoms with Crippen LogP contribution in [0.1, 0.15) is 29.5 Å². The largest absolute Gasteiger partial charge is 0.411 e. The van der Waals surface area contributed by atoms with Crippen LogP contribution in [0.5, 0.6) is 0 Å². The van der Waals surface area contributed by atoms with Crippen LogP contribution in [-0.4, -0.2) is 42.7 Å². The first-order chi connectivity index (χ1) is 15.8. The number of halogens is 3. The number of hydrogen-bond acceptors (Lipinski definition) is 3. The van der Waals surface area contributed by atoms with Crippen molar-refractivity contribution < 1.29 is 27.5 Å². The first kappa shape index (κ1) is 24.6. The van der Waals surface area contributed by atoms with E-state index in [9.17, 15) is 22.8 Å². The third kappa shape index (κ3) is 8.42. The predicted octanol–water partition coefficient (Wildman–Crippen LogP) is 4.00. The molecular formula is C24H28F3N3O3. The summed E-state index contributed by atoms with van der Waals surface area (Å²) in [6, 6.07) is 16.4. The lowest BCUT2D eigenvalue weighted by molar-refractivity contribution is -0.176. The van der Waals surface area contributed by atoms with E-state index < -0.39 is 12.8 Å². The summed E-state index contributed by atoms with van der Waals surface area (Å²) in [4.78, 5) is 26.5. The number of piperidine rings is 1. The van der Waals surface area contributed by atoms with Crippen molar-refractivity contribution in [3.63, 3.8) is 0 Å². The molecule has 178 valence electrons. The molecule has 1 aliphatic heterocycles. The number of ether oxygens (including phenoxy) is 1. The summed E-state index contributed by atoms with van der Waals surface area (Å²) in [5.41, 5.74) is 2.50. The van der Waals surface area contributed by atoms with E-state index in [4.69, 9.17) is 0 Å². The number of hydrogen-bond donors (Lipinski definition) is 2. The average molecular weight is 464 g/mol. The number of amides is 3. The van der Waals surface area contributed by atoms with Crippen LogP contribution in [0.2, 0.25) is 0 Å². The molecule has 0 unspecified atom stereocenters. The highest BCUT2D eigenvalue weighted by atomic mass is 19.4. The van der Waals surface area contributed by atoms with Crippen molar-refractivity contribution in [2.75, 3.05) is 19.7 Å². The molecule has 0 spiro atoms. The van der Waals surface area contributed by atoms with E-state index in [1.807, 2.05) is 30.3 Å². The van der Waals surface area contributed by atoms with Crippen LogP contribution in [0, 0.1) is 5.92 Å². The molecule has 0 bridgehead atoms. The summed E-state index contributed by atoms with van der Waals surface area (Å²) in [5.74, 6) is -0.0944. The van der Waals surface area contributed by atoms with Crippen molar-refractivity contribution >= 4 is 11.9 Å². The van der Waals surface area contributed by atoms with E-state index in [0.29, 0.717) is 44.6 Å².